The predicted octanol–water partition coefficient (Wildman–Crippen LogP) is 2.51. The molecule has 23 heavy (non-hydrogen) atoms. The Bertz CT molecular complexity index is 787. The molecule has 3 rings (SSSR count). The standard InChI is InChI=1S/C17H17N3O3/c1-22-15-8-11-7-14(20-13(11)9-16(15)23-2)17(21)19-10-12-5-3-4-6-18-12/h3-9,20H,10H2,1-2H3,(H,19,21). The zero-order valence-corrected chi connectivity index (χ0v) is 12.9. The van der Waals surface area contributed by atoms with E-state index in [4.69, 9.17) is 9.47 Å². The Kier molecular flexibility index (Phi) is 4.14. The van der Waals surface area contributed by atoms with Crippen LogP contribution in [-0.2, 0) is 6.54 Å². The summed E-state index contributed by atoms with van der Waals surface area (Å²) < 4.78 is 10.5. The van der Waals surface area contributed by atoms with E-state index in [1.54, 1.807) is 26.5 Å². The van der Waals surface area contributed by atoms with E-state index in [9.17, 15) is 4.79 Å². The van der Waals surface area contributed by atoms with Gasteiger partial charge in [-0.2, -0.15) is 0 Å². The van der Waals surface area contributed by atoms with Gasteiger partial charge >= 0.3 is 0 Å². The van der Waals surface area contributed by atoms with Crippen molar-refractivity contribution in [3.05, 3.63) is 54.0 Å². The number of carbonyl (C=O) groups excluding carboxylic acids is 1. The smallest absolute Gasteiger partial charge is 0.268 e. The zero-order chi connectivity index (χ0) is 16.2. The molecule has 0 saturated carbocycles. The molecule has 0 unspecified atom stereocenters. The van der Waals surface area contributed by atoms with Crippen molar-refractivity contribution in [2.75, 3.05) is 14.2 Å². The number of benzene rings is 1. The number of carbonyl (C=O) groups is 1. The van der Waals surface area contributed by atoms with Crippen LogP contribution in [0.15, 0.2) is 42.6 Å². The van der Waals surface area contributed by atoms with Gasteiger partial charge in [-0.05, 0) is 24.3 Å². The van der Waals surface area contributed by atoms with Crippen LogP contribution in [0.4, 0.5) is 0 Å². The number of methoxy groups -OCH3 is 2. The number of fused-ring (bicyclic) bond motifs is 1. The van der Waals surface area contributed by atoms with Crippen LogP contribution in [0, 0.1) is 0 Å². The first-order chi connectivity index (χ1) is 11.2. The van der Waals surface area contributed by atoms with Gasteiger partial charge in [-0.3, -0.25) is 9.78 Å². The summed E-state index contributed by atoms with van der Waals surface area (Å²) in [7, 11) is 3.16. The van der Waals surface area contributed by atoms with E-state index >= 15 is 0 Å². The molecule has 0 aliphatic carbocycles. The molecule has 2 N–H and O–H groups in total. The van der Waals surface area contributed by atoms with Crippen LogP contribution >= 0.6 is 0 Å². The highest BCUT2D eigenvalue weighted by Gasteiger charge is 2.12. The molecule has 118 valence electrons. The molecule has 0 aliphatic rings. The maximum Gasteiger partial charge on any atom is 0.268 e. The van der Waals surface area contributed by atoms with E-state index in [0.29, 0.717) is 23.7 Å². The Morgan fingerprint density at radius 2 is 1.96 bits per heavy atom. The number of hydrogen-bond donors (Lipinski definition) is 2. The van der Waals surface area contributed by atoms with Crippen molar-refractivity contribution in [2.24, 2.45) is 0 Å². The molecule has 0 saturated heterocycles. The number of aromatic amines is 1. The maximum absolute atomic E-state index is 12.3. The second-order valence-corrected chi connectivity index (χ2v) is 4.98. The number of ether oxygens (including phenoxy) is 2. The van der Waals surface area contributed by atoms with Gasteiger partial charge in [0.2, 0.25) is 0 Å². The second kappa shape index (κ2) is 6.39. The third kappa shape index (κ3) is 3.11. The molecule has 0 spiro atoms. The molecule has 1 aromatic carbocycles. The highest BCUT2D eigenvalue weighted by molar-refractivity contribution is 5.98. The van der Waals surface area contributed by atoms with Crippen molar-refractivity contribution in [3.63, 3.8) is 0 Å². The van der Waals surface area contributed by atoms with Gasteiger partial charge in [0.05, 0.1) is 26.5 Å². The number of hydrogen-bond acceptors (Lipinski definition) is 4. The lowest BCUT2D eigenvalue weighted by Crippen LogP contribution is -2.23. The molecule has 2 heterocycles. The van der Waals surface area contributed by atoms with Crippen LogP contribution in [0.1, 0.15) is 16.2 Å². The summed E-state index contributed by atoms with van der Waals surface area (Å²) in [5.41, 5.74) is 2.09. The molecule has 0 fully saturated rings. The Morgan fingerprint density at radius 3 is 2.65 bits per heavy atom. The number of pyridine rings is 1. The fraction of sp³-hybridized carbons (Fsp3) is 0.176. The number of aromatic nitrogens is 2. The summed E-state index contributed by atoms with van der Waals surface area (Å²) in [6.45, 7) is 0.377. The SMILES string of the molecule is COc1cc2cc(C(=O)NCc3ccccn3)[nH]c2cc1OC. The Morgan fingerprint density at radius 1 is 1.17 bits per heavy atom. The average Bonchev–Trinajstić information content (AvgIpc) is 3.02. The number of nitrogens with one attached hydrogen (secondary N) is 2. The van der Waals surface area contributed by atoms with Crippen LogP contribution < -0.4 is 14.8 Å². The molecule has 0 radical (unpaired) electrons. The van der Waals surface area contributed by atoms with Crippen LogP contribution in [0.3, 0.4) is 0 Å². The maximum atomic E-state index is 12.3. The summed E-state index contributed by atoms with van der Waals surface area (Å²) in [5.74, 6) is 1.05. The largest absolute Gasteiger partial charge is 0.493 e. The minimum absolute atomic E-state index is 0.190. The molecule has 0 aliphatic heterocycles. The first kappa shape index (κ1) is 14.9. The third-order valence-corrected chi connectivity index (χ3v) is 3.53. The van der Waals surface area contributed by atoms with Crippen molar-refractivity contribution in [3.8, 4) is 11.5 Å². The highest BCUT2D eigenvalue weighted by atomic mass is 16.5. The monoisotopic (exact) mass is 311 g/mol. The van der Waals surface area contributed by atoms with Gasteiger partial charge in [-0.15, -0.1) is 0 Å². The molecule has 6 nitrogen and oxygen atoms in total. The fourth-order valence-corrected chi connectivity index (χ4v) is 2.35. The van der Waals surface area contributed by atoms with Crippen molar-refractivity contribution in [1.29, 1.82) is 0 Å². The van der Waals surface area contributed by atoms with Gasteiger partial charge in [-0.1, -0.05) is 6.07 Å². The van der Waals surface area contributed by atoms with Gasteiger partial charge < -0.3 is 19.8 Å². The minimum Gasteiger partial charge on any atom is -0.493 e. The van der Waals surface area contributed by atoms with Gasteiger partial charge in [0.25, 0.3) is 5.91 Å². The highest BCUT2D eigenvalue weighted by Crippen LogP contribution is 2.32. The third-order valence-electron chi connectivity index (χ3n) is 3.53. The van der Waals surface area contributed by atoms with Crippen molar-refractivity contribution in [1.82, 2.24) is 15.3 Å². The molecule has 2 aromatic heterocycles. The number of nitrogens with zero attached hydrogens (tertiary/aromatic N) is 1. The number of amides is 1. The average molecular weight is 311 g/mol. The summed E-state index contributed by atoms with van der Waals surface area (Å²) in [6, 6.07) is 11.0. The van der Waals surface area contributed by atoms with E-state index in [-0.39, 0.29) is 5.91 Å². The molecular formula is C17H17N3O3. The first-order valence-corrected chi connectivity index (χ1v) is 7.14. The predicted molar refractivity (Wildman–Crippen MR) is 86.8 cm³/mol. The molecular weight excluding hydrogens is 294 g/mol. The van der Waals surface area contributed by atoms with Crippen LogP contribution in [-0.4, -0.2) is 30.1 Å². The quantitative estimate of drug-likeness (QED) is 0.759. The summed E-state index contributed by atoms with van der Waals surface area (Å²) in [6.07, 6.45) is 1.70. The Hall–Kier alpha value is -3.02. The molecule has 3 aromatic rings. The van der Waals surface area contributed by atoms with E-state index in [0.717, 1.165) is 16.6 Å². The molecule has 6 heteroatoms. The van der Waals surface area contributed by atoms with Gasteiger partial charge in [-0.25, -0.2) is 0 Å². The summed E-state index contributed by atoms with van der Waals surface area (Å²) in [4.78, 5) is 19.5. The van der Waals surface area contributed by atoms with Gasteiger partial charge in [0.1, 0.15) is 5.69 Å². The van der Waals surface area contributed by atoms with Crippen LogP contribution in [0.5, 0.6) is 11.5 Å². The van der Waals surface area contributed by atoms with E-state index in [1.165, 1.54) is 0 Å². The molecule has 0 atom stereocenters. The minimum atomic E-state index is -0.190. The normalized spacial score (nSPS) is 10.5. The van der Waals surface area contributed by atoms with Gasteiger partial charge in [0.15, 0.2) is 11.5 Å². The topological polar surface area (TPSA) is 76.2 Å². The molecule has 0 bridgehead atoms. The summed E-state index contributed by atoms with van der Waals surface area (Å²) >= 11 is 0. The van der Waals surface area contributed by atoms with Crippen molar-refractivity contribution < 1.29 is 14.3 Å². The van der Waals surface area contributed by atoms with E-state index < -0.39 is 0 Å². The van der Waals surface area contributed by atoms with Crippen molar-refractivity contribution in [2.45, 2.75) is 6.54 Å². The van der Waals surface area contributed by atoms with E-state index in [1.807, 2.05) is 30.3 Å². The van der Waals surface area contributed by atoms with Gasteiger partial charge in [0, 0.05) is 23.2 Å². The first-order valence-electron chi connectivity index (χ1n) is 7.14. The molecule has 1 amide bonds. The Labute approximate surface area is 133 Å². The lowest BCUT2D eigenvalue weighted by Gasteiger charge is -2.06. The lowest BCUT2D eigenvalue weighted by atomic mass is 10.2. The fourth-order valence-electron chi connectivity index (χ4n) is 2.35. The van der Waals surface area contributed by atoms with Crippen molar-refractivity contribution >= 4 is 16.8 Å². The Balaban J connectivity index is 1.81. The van der Waals surface area contributed by atoms with Crippen LogP contribution in [0.25, 0.3) is 10.9 Å². The zero-order valence-electron chi connectivity index (χ0n) is 12.9. The lowest BCUT2D eigenvalue weighted by molar-refractivity contribution is 0.0946. The van der Waals surface area contributed by atoms with E-state index in [2.05, 4.69) is 15.3 Å². The second-order valence-electron chi connectivity index (χ2n) is 4.98. The number of H-pyrrole nitrogens is 1. The van der Waals surface area contributed by atoms with Crippen LogP contribution in [0.2, 0.25) is 0 Å². The number of rotatable bonds is 5. The summed E-state index contributed by atoms with van der Waals surface area (Å²) in [5, 5.41) is 3.72.